The molecule has 168 valence electrons. The lowest BCUT2D eigenvalue weighted by atomic mass is 9.95. The van der Waals surface area contributed by atoms with E-state index in [2.05, 4.69) is 40.8 Å². The number of hydrogen-bond acceptors (Lipinski definition) is 4. The SMILES string of the molecule is COc1ccccc1CN1CCC(CN(CC(C)C)C(=O)CCc2ccccn2)CC1. The number of ether oxygens (including phenoxy) is 1. The first-order chi connectivity index (χ1) is 15.0. The second-order valence-electron chi connectivity index (χ2n) is 9.05. The maximum Gasteiger partial charge on any atom is 0.222 e. The second kappa shape index (κ2) is 11.8. The first-order valence-corrected chi connectivity index (χ1v) is 11.6. The number of hydrogen-bond donors (Lipinski definition) is 0. The fourth-order valence-corrected chi connectivity index (χ4v) is 4.37. The van der Waals surface area contributed by atoms with Crippen LogP contribution < -0.4 is 4.74 Å². The van der Waals surface area contributed by atoms with Gasteiger partial charge in [0.1, 0.15) is 5.75 Å². The Kier molecular flexibility index (Phi) is 8.89. The van der Waals surface area contributed by atoms with Gasteiger partial charge in [-0.1, -0.05) is 38.1 Å². The van der Waals surface area contributed by atoms with Crippen LogP contribution in [-0.4, -0.2) is 54.0 Å². The maximum atomic E-state index is 13.0. The summed E-state index contributed by atoms with van der Waals surface area (Å²) in [5, 5.41) is 0. The minimum atomic E-state index is 0.260. The lowest BCUT2D eigenvalue weighted by molar-refractivity contribution is -0.132. The summed E-state index contributed by atoms with van der Waals surface area (Å²) in [4.78, 5) is 21.9. The van der Waals surface area contributed by atoms with Crippen LogP contribution in [0.15, 0.2) is 48.7 Å². The van der Waals surface area contributed by atoms with E-state index in [1.807, 2.05) is 30.3 Å². The number of benzene rings is 1. The van der Waals surface area contributed by atoms with Crippen molar-refractivity contribution in [3.05, 3.63) is 59.9 Å². The molecule has 2 aromatic rings. The van der Waals surface area contributed by atoms with E-state index >= 15 is 0 Å². The molecule has 2 heterocycles. The summed E-state index contributed by atoms with van der Waals surface area (Å²) in [6.07, 6.45) is 5.32. The number of piperidine rings is 1. The summed E-state index contributed by atoms with van der Waals surface area (Å²) < 4.78 is 5.50. The molecule has 0 radical (unpaired) electrons. The third kappa shape index (κ3) is 7.35. The zero-order chi connectivity index (χ0) is 22.1. The molecule has 31 heavy (non-hydrogen) atoms. The largest absolute Gasteiger partial charge is 0.496 e. The fourth-order valence-electron chi connectivity index (χ4n) is 4.37. The van der Waals surface area contributed by atoms with E-state index in [4.69, 9.17) is 4.74 Å². The Morgan fingerprint density at radius 3 is 2.58 bits per heavy atom. The van der Waals surface area contributed by atoms with Crippen molar-refractivity contribution in [1.82, 2.24) is 14.8 Å². The maximum absolute atomic E-state index is 13.0. The number of aromatic nitrogens is 1. The number of rotatable bonds is 10. The van der Waals surface area contributed by atoms with Crippen LogP contribution in [0.1, 0.15) is 44.4 Å². The zero-order valence-corrected chi connectivity index (χ0v) is 19.3. The molecule has 0 N–H and O–H groups in total. The molecule has 1 aliphatic heterocycles. The highest BCUT2D eigenvalue weighted by Crippen LogP contribution is 2.24. The van der Waals surface area contributed by atoms with E-state index in [0.29, 0.717) is 24.7 Å². The van der Waals surface area contributed by atoms with Gasteiger partial charge in [0.15, 0.2) is 0 Å². The summed E-state index contributed by atoms with van der Waals surface area (Å²) >= 11 is 0. The van der Waals surface area contributed by atoms with E-state index in [1.54, 1.807) is 13.3 Å². The van der Waals surface area contributed by atoms with Crippen molar-refractivity contribution in [2.75, 3.05) is 33.3 Å². The van der Waals surface area contributed by atoms with Gasteiger partial charge in [-0.15, -0.1) is 0 Å². The molecular weight excluding hydrogens is 386 g/mol. The van der Waals surface area contributed by atoms with Gasteiger partial charge in [-0.05, 0) is 62.4 Å². The van der Waals surface area contributed by atoms with Gasteiger partial charge in [-0.25, -0.2) is 0 Å². The van der Waals surface area contributed by atoms with Crippen molar-refractivity contribution in [2.24, 2.45) is 11.8 Å². The second-order valence-corrected chi connectivity index (χ2v) is 9.05. The van der Waals surface area contributed by atoms with Crippen molar-refractivity contribution in [3.63, 3.8) is 0 Å². The van der Waals surface area contributed by atoms with Crippen LogP contribution in [0.25, 0.3) is 0 Å². The molecule has 0 saturated carbocycles. The summed E-state index contributed by atoms with van der Waals surface area (Å²) in [7, 11) is 1.74. The van der Waals surface area contributed by atoms with E-state index in [-0.39, 0.29) is 5.91 Å². The highest BCUT2D eigenvalue weighted by Gasteiger charge is 2.24. The molecule has 1 fully saturated rings. The van der Waals surface area contributed by atoms with E-state index < -0.39 is 0 Å². The fraction of sp³-hybridized carbons (Fsp3) is 0.538. The predicted octanol–water partition coefficient (Wildman–Crippen LogP) is 4.42. The normalized spacial score (nSPS) is 15.2. The standard InChI is InChI=1S/C26H37N3O2/c1-21(2)18-29(26(30)12-11-24-9-6-7-15-27-24)19-22-13-16-28(17-14-22)20-23-8-4-5-10-25(23)31-3/h4-10,15,21-22H,11-14,16-20H2,1-3H3. The number of carbonyl (C=O) groups is 1. The summed E-state index contributed by atoms with van der Waals surface area (Å²) in [6.45, 7) is 9.16. The van der Waals surface area contributed by atoms with Crippen molar-refractivity contribution in [3.8, 4) is 5.75 Å². The predicted molar refractivity (Wildman–Crippen MR) is 125 cm³/mol. The Morgan fingerprint density at radius 1 is 1.16 bits per heavy atom. The van der Waals surface area contributed by atoms with E-state index in [0.717, 1.165) is 57.0 Å². The van der Waals surface area contributed by atoms with Gasteiger partial charge in [0.2, 0.25) is 5.91 Å². The Hall–Kier alpha value is -2.40. The number of para-hydroxylation sites is 1. The molecule has 1 aliphatic rings. The lowest BCUT2D eigenvalue weighted by Crippen LogP contribution is -2.42. The average molecular weight is 424 g/mol. The number of methoxy groups -OCH3 is 1. The van der Waals surface area contributed by atoms with Crippen LogP contribution in [-0.2, 0) is 17.8 Å². The van der Waals surface area contributed by atoms with Crippen LogP contribution in [0.4, 0.5) is 0 Å². The Labute approximate surface area is 187 Å². The van der Waals surface area contributed by atoms with Gasteiger partial charge in [0.05, 0.1) is 7.11 Å². The smallest absolute Gasteiger partial charge is 0.222 e. The molecule has 5 nitrogen and oxygen atoms in total. The number of amides is 1. The number of nitrogens with zero attached hydrogens (tertiary/aromatic N) is 3. The summed E-state index contributed by atoms with van der Waals surface area (Å²) in [5.74, 6) is 2.28. The number of likely N-dealkylation sites (tertiary alicyclic amines) is 1. The summed E-state index contributed by atoms with van der Waals surface area (Å²) in [5.41, 5.74) is 2.24. The third-order valence-corrected chi connectivity index (χ3v) is 6.03. The van der Waals surface area contributed by atoms with Crippen molar-refractivity contribution in [1.29, 1.82) is 0 Å². The Morgan fingerprint density at radius 2 is 1.90 bits per heavy atom. The van der Waals surface area contributed by atoms with Gasteiger partial charge in [-0.3, -0.25) is 14.7 Å². The van der Waals surface area contributed by atoms with Gasteiger partial charge < -0.3 is 9.64 Å². The van der Waals surface area contributed by atoms with Crippen LogP contribution in [0.5, 0.6) is 5.75 Å². The topological polar surface area (TPSA) is 45.7 Å². The minimum absolute atomic E-state index is 0.260. The molecule has 1 aromatic heterocycles. The third-order valence-electron chi connectivity index (χ3n) is 6.03. The lowest BCUT2D eigenvalue weighted by Gasteiger charge is -2.35. The van der Waals surface area contributed by atoms with Crippen molar-refractivity contribution in [2.45, 2.75) is 46.1 Å². The zero-order valence-electron chi connectivity index (χ0n) is 19.3. The monoisotopic (exact) mass is 423 g/mol. The van der Waals surface area contributed by atoms with Gasteiger partial charge in [0, 0.05) is 43.5 Å². The van der Waals surface area contributed by atoms with E-state index in [1.165, 1.54) is 5.56 Å². The molecule has 0 bridgehead atoms. The Balaban J connectivity index is 1.49. The first kappa shape index (κ1) is 23.3. The summed E-state index contributed by atoms with van der Waals surface area (Å²) in [6, 6.07) is 14.2. The quantitative estimate of drug-likeness (QED) is 0.568. The molecule has 0 spiro atoms. The number of carbonyl (C=O) groups excluding carboxylic acids is 1. The van der Waals surface area contributed by atoms with Crippen LogP contribution in [0.2, 0.25) is 0 Å². The van der Waals surface area contributed by atoms with Crippen LogP contribution in [0, 0.1) is 11.8 Å². The van der Waals surface area contributed by atoms with Gasteiger partial charge >= 0.3 is 0 Å². The molecule has 3 rings (SSSR count). The number of aryl methyl sites for hydroxylation is 1. The average Bonchev–Trinajstić information content (AvgIpc) is 2.79. The highest BCUT2D eigenvalue weighted by molar-refractivity contribution is 5.76. The molecular formula is C26H37N3O2. The molecule has 0 unspecified atom stereocenters. The highest BCUT2D eigenvalue weighted by atomic mass is 16.5. The molecule has 1 saturated heterocycles. The molecule has 0 aliphatic carbocycles. The Bertz CT molecular complexity index is 801. The van der Waals surface area contributed by atoms with Crippen LogP contribution >= 0.6 is 0 Å². The van der Waals surface area contributed by atoms with E-state index in [9.17, 15) is 4.79 Å². The molecule has 0 atom stereocenters. The van der Waals surface area contributed by atoms with Crippen molar-refractivity contribution >= 4 is 5.91 Å². The number of pyridine rings is 1. The van der Waals surface area contributed by atoms with Crippen LogP contribution in [0.3, 0.4) is 0 Å². The molecule has 5 heteroatoms. The first-order valence-electron chi connectivity index (χ1n) is 11.6. The molecule has 1 amide bonds. The van der Waals surface area contributed by atoms with Gasteiger partial charge in [0.25, 0.3) is 0 Å². The van der Waals surface area contributed by atoms with Crippen molar-refractivity contribution < 1.29 is 9.53 Å². The minimum Gasteiger partial charge on any atom is -0.496 e. The molecule has 1 aromatic carbocycles. The van der Waals surface area contributed by atoms with Gasteiger partial charge in [-0.2, -0.15) is 0 Å².